The third-order valence-corrected chi connectivity index (χ3v) is 7.62. The summed E-state index contributed by atoms with van der Waals surface area (Å²) in [6.07, 6.45) is -0.111. The molecule has 1 N–H and O–H groups in total. The van der Waals surface area contributed by atoms with Crippen LogP contribution in [0.4, 0.5) is 17.6 Å². The van der Waals surface area contributed by atoms with Gasteiger partial charge in [0.25, 0.3) is 0 Å². The van der Waals surface area contributed by atoms with Crippen LogP contribution in [0.3, 0.4) is 0 Å². The Hall–Kier alpha value is -2.58. The Morgan fingerprint density at radius 2 is 1.86 bits per heavy atom. The molecular formula is C28H33F4N3O. The van der Waals surface area contributed by atoms with E-state index >= 15 is 8.78 Å². The average molecular weight is 504 g/mol. The number of likely N-dealkylation sites (tertiary alicyclic amines) is 1. The number of halogens is 4. The smallest absolute Gasteiger partial charge is 0.135 e. The molecule has 1 aromatic heterocycles. The number of nitrogens with one attached hydrogen (secondary N) is 1. The molecule has 0 spiro atoms. The van der Waals surface area contributed by atoms with Crippen LogP contribution in [0.5, 0.6) is 5.75 Å². The number of H-pyrrole nitrogens is 1. The lowest BCUT2D eigenvalue weighted by molar-refractivity contribution is 0.0667. The van der Waals surface area contributed by atoms with Gasteiger partial charge in [0, 0.05) is 72.4 Å². The highest BCUT2D eigenvalue weighted by Crippen LogP contribution is 2.43. The molecule has 0 aliphatic carbocycles. The second kappa shape index (κ2) is 10.4. The average Bonchev–Trinajstić information content (AvgIpc) is 3.19. The molecule has 5 rings (SSSR count). The van der Waals surface area contributed by atoms with Crippen molar-refractivity contribution < 1.29 is 22.3 Å². The van der Waals surface area contributed by atoms with Crippen LogP contribution < -0.4 is 4.74 Å². The first-order valence-electron chi connectivity index (χ1n) is 12.8. The van der Waals surface area contributed by atoms with Gasteiger partial charge in [0.1, 0.15) is 30.2 Å². The van der Waals surface area contributed by atoms with Gasteiger partial charge < -0.3 is 9.72 Å². The highest BCUT2D eigenvalue weighted by atomic mass is 19.1. The summed E-state index contributed by atoms with van der Waals surface area (Å²) in [4.78, 5) is 7.30. The molecule has 0 bridgehead atoms. The van der Waals surface area contributed by atoms with Crippen molar-refractivity contribution in [2.75, 3.05) is 39.5 Å². The summed E-state index contributed by atoms with van der Waals surface area (Å²) in [5.41, 5.74) is 2.53. The van der Waals surface area contributed by atoms with Crippen molar-refractivity contribution in [3.05, 3.63) is 64.9 Å². The lowest BCUT2D eigenvalue weighted by Gasteiger charge is -2.41. The fourth-order valence-corrected chi connectivity index (χ4v) is 5.62. The minimum atomic E-state index is -1.10. The first kappa shape index (κ1) is 25.1. The van der Waals surface area contributed by atoms with E-state index in [4.69, 9.17) is 4.74 Å². The van der Waals surface area contributed by atoms with Gasteiger partial charge in [-0.25, -0.2) is 13.2 Å². The molecule has 194 valence electrons. The van der Waals surface area contributed by atoms with E-state index in [9.17, 15) is 8.78 Å². The molecule has 0 unspecified atom stereocenters. The number of nitrogens with zero attached hydrogens (tertiary/aromatic N) is 2. The molecule has 3 atom stereocenters. The Morgan fingerprint density at radius 1 is 1.14 bits per heavy atom. The fraction of sp³-hybridized carbons (Fsp3) is 0.500. The number of benzene rings is 2. The van der Waals surface area contributed by atoms with E-state index in [-0.39, 0.29) is 43.1 Å². The normalized spacial score (nSPS) is 21.9. The van der Waals surface area contributed by atoms with E-state index in [1.165, 1.54) is 12.1 Å². The summed E-state index contributed by atoms with van der Waals surface area (Å²) < 4.78 is 64.1. The minimum absolute atomic E-state index is 0.0751. The van der Waals surface area contributed by atoms with Crippen LogP contribution in [-0.2, 0) is 6.42 Å². The second-order valence-electron chi connectivity index (χ2n) is 10.1. The Morgan fingerprint density at radius 3 is 2.56 bits per heavy atom. The van der Waals surface area contributed by atoms with E-state index in [1.807, 2.05) is 41.0 Å². The summed E-state index contributed by atoms with van der Waals surface area (Å²) in [5, 5.41) is 1.03. The number of aromatic amines is 1. The van der Waals surface area contributed by atoms with Crippen molar-refractivity contribution in [2.24, 2.45) is 5.92 Å². The number of para-hydroxylation sites is 1. The van der Waals surface area contributed by atoms with Gasteiger partial charge in [-0.2, -0.15) is 0 Å². The molecule has 8 heteroatoms. The second-order valence-corrected chi connectivity index (χ2v) is 10.1. The van der Waals surface area contributed by atoms with Gasteiger partial charge in [-0.15, -0.1) is 0 Å². The largest absolute Gasteiger partial charge is 0.492 e. The van der Waals surface area contributed by atoms with Gasteiger partial charge in [0.15, 0.2) is 0 Å². The van der Waals surface area contributed by atoms with Gasteiger partial charge in [-0.3, -0.25) is 14.2 Å². The van der Waals surface area contributed by atoms with Gasteiger partial charge in [0.05, 0.1) is 12.7 Å². The highest BCUT2D eigenvalue weighted by molar-refractivity contribution is 5.85. The van der Waals surface area contributed by atoms with Crippen LogP contribution in [-0.4, -0.2) is 66.5 Å². The SMILES string of the molecule is CC[C@@H](F)CN1[C@H](c2c(F)cc(OCCN3CC(CF)C3)cc2F)c2[nH]c3ccccc3c2C[C@H]1C. The van der Waals surface area contributed by atoms with Crippen molar-refractivity contribution in [1.29, 1.82) is 0 Å². The van der Waals surface area contributed by atoms with E-state index in [0.717, 1.165) is 16.5 Å². The van der Waals surface area contributed by atoms with Crippen LogP contribution in [0, 0.1) is 17.6 Å². The Bertz CT molecular complexity index is 1190. The summed E-state index contributed by atoms with van der Waals surface area (Å²) in [6.45, 7) is 5.70. The van der Waals surface area contributed by atoms with E-state index in [2.05, 4.69) is 4.98 Å². The van der Waals surface area contributed by atoms with Crippen LogP contribution in [0.15, 0.2) is 36.4 Å². The monoisotopic (exact) mass is 503 g/mol. The quantitative estimate of drug-likeness (QED) is 0.374. The van der Waals surface area contributed by atoms with Gasteiger partial charge in [-0.1, -0.05) is 25.1 Å². The van der Waals surface area contributed by atoms with Crippen LogP contribution in [0.1, 0.15) is 43.1 Å². The molecular weight excluding hydrogens is 470 g/mol. The molecule has 36 heavy (non-hydrogen) atoms. The van der Waals surface area contributed by atoms with Crippen molar-refractivity contribution >= 4 is 10.9 Å². The van der Waals surface area contributed by atoms with Crippen molar-refractivity contribution in [3.63, 3.8) is 0 Å². The van der Waals surface area contributed by atoms with Gasteiger partial charge in [0.2, 0.25) is 0 Å². The van der Waals surface area contributed by atoms with Crippen LogP contribution >= 0.6 is 0 Å². The molecule has 2 aliphatic heterocycles. The summed E-state index contributed by atoms with van der Waals surface area (Å²) in [7, 11) is 0. The Balaban J connectivity index is 1.46. The molecule has 1 saturated heterocycles. The lowest BCUT2D eigenvalue weighted by Crippen LogP contribution is -2.49. The van der Waals surface area contributed by atoms with Crippen molar-refractivity contribution in [3.8, 4) is 5.75 Å². The summed E-state index contributed by atoms with van der Waals surface area (Å²) in [5.74, 6) is -1.24. The standard InChI is InChI=1S/C28H33F4N3O/c1-3-19(30)16-35-17(2)10-22-21-6-4-5-7-25(21)33-27(22)28(35)26-23(31)11-20(12-24(26)32)36-9-8-34-14-18(13-29)15-34/h4-7,11-12,17-19,28,33H,3,8-10,13-16H2,1-2H3/t17-,19-,28-/m1/s1. The molecule has 0 amide bonds. The predicted octanol–water partition coefficient (Wildman–Crippen LogP) is 5.81. The van der Waals surface area contributed by atoms with Crippen molar-refractivity contribution in [2.45, 2.75) is 44.9 Å². The molecule has 2 aromatic carbocycles. The van der Waals surface area contributed by atoms with E-state index < -0.39 is 23.8 Å². The van der Waals surface area contributed by atoms with Gasteiger partial charge >= 0.3 is 0 Å². The fourth-order valence-electron chi connectivity index (χ4n) is 5.62. The third kappa shape index (κ3) is 4.73. The molecule has 3 heterocycles. The number of alkyl halides is 2. The third-order valence-electron chi connectivity index (χ3n) is 7.62. The highest BCUT2D eigenvalue weighted by Gasteiger charge is 2.39. The lowest BCUT2D eigenvalue weighted by atomic mass is 9.87. The molecule has 1 fully saturated rings. The maximum Gasteiger partial charge on any atom is 0.135 e. The first-order chi connectivity index (χ1) is 17.4. The number of aromatic nitrogens is 1. The first-order valence-corrected chi connectivity index (χ1v) is 12.8. The maximum absolute atomic E-state index is 15.6. The molecule has 2 aliphatic rings. The number of hydrogen-bond donors (Lipinski definition) is 1. The molecule has 0 saturated carbocycles. The van der Waals surface area contributed by atoms with Crippen LogP contribution in [0.2, 0.25) is 0 Å². The maximum atomic E-state index is 15.6. The molecule has 0 radical (unpaired) electrons. The Labute approximate surface area is 209 Å². The zero-order valence-electron chi connectivity index (χ0n) is 20.7. The topological polar surface area (TPSA) is 31.5 Å². The number of fused-ring (bicyclic) bond motifs is 3. The molecule has 3 aromatic rings. The zero-order chi connectivity index (χ0) is 25.4. The van der Waals surface area contributed by atoms with E-state index in [1.54, 1.807) is 6.92 Å². The Kier molecular flexibility index (Phi) is 7.26. The van der Waals surface area contributed by atoms with Crippen molar-refractivity contribution in [1.82, 2.24) is 14.8 Å². The zero-order valence-corrected chi connectivity index (χ0v) is 20.7. The summed E-state index contributed by atoms with van der Waals surface area (Å²) >= 11 is 0. The minimum Gasteiger partial charge on any atom is -0.492 e. The van der Waals surface area contributed by atoms with Gasteiger partial charge in [-0.05, 0) is 31.4 Å². The number of hydrogen-bond acceptors (Lipinski definition) is 3. The number of rotatable bonds is 9. The van der Waals surface area contributed by atoms with E-state index in [0.29, 0.717) is 38.2 Å². The predicted molar refractivity (Wildman–Crippen MR) is 133 cm³/mol. The number of ether oxygens (including phenoxy) is 1. The molecule has 4 nitrogen and oxygen atoms in total. The summed E-state index contributed by atoms with van der Waals surface area (Å²) in [6, 6.07) is 9.35. The van der Waals surface area contributed by atoms with Crippen LogP contribution in [0.25, 0.3) is 10.9 Å².